The molecule has 0 saturated heterocycles. The molecule has 170 valence electrons. The molecule has 0 radical (unpaired) electrons. The maximum atomic E-state index is 13.0. The number of nitrogens with one attached hydrogen (secondary N) is 1. The van der Waals surface area contributed by atoms with E-state index in [9.17, 15) is 14.0 Å². The van der Waals surface area contributed by atoms with Crippen LogP contribution in [0, 0.1) is 12.7 Å². The molecule has 0 aromatic heterocycles. The molecule has 0 fully saturated rings. The number of fused-ring (bicyclic) bond motifs is 1. The fourth-order valence-electron chi connectivity index (χ4n) is 4.14. The van der Waals surface area contributed by atoms with Crippen LogP contribution in [0.15, 0.2) is 66.7 Å². The van der Waals surface area contributed by atoms with E-state index < -0.39 is 0 Å². The Balaban J connectivity index is 1.55. The molecule has 0 spiro atoms. The second-order valence-corrected chi connectivity index (χ2v) is 8.21. The summed E-state index contributed by atoms with van der Waals surface area (Å²) >= 11 is 0. The molecule has 0 saturated carbocycles. The molecule has 0 bridgehead atoms. The van der Waals surface area contributed by atoms with Gasteiger partial charge in [0, 0.05) is 18.7 Å². The molecule has 5 nitrogen and oxygen atoms in total. The van der Waals surface area contributed by atoms with Crippen LogP contribution in [0.5, 0.6) is 5.75 Å². The number of amides is 2. The number of hydrogen-bond acceptors (Lipinski definition) is 3. The molecule has 1 aliphatic heterocycles. The number of carbonyl (C=O) groups excluding carboxylic acids is 2. The van der Waals surface area contributed by atoms with Crippen molar-refractivity contribution in [3.8, 4) is 5.75 Å². The second-order valence-electron chi connectivity index (χ2n) is 8.21. The summed E-state index contributed by atoms with van der Waals surface area (Å²) in [4.78, 5) is 26.9. The summed E-state index contributed by atoms with van der Waals surface area (Å²) in [6, 6.07) is 19.4. The Kier molecular flexibility index (Phi) is 6.73. The van der Waals surface area contributed by atoms with Gasteiger partial charge < -0.3 is 15.0 Å². The van der Waals surface area contributed by atoms with Crippen LogP contribution >= 0.6 is 0 Å². The topological polar surface area (TPSA) is 58.6 Å². The van der Waals surface area contributed by atoms with Crippen molar-refractivity contribution in [1.82, 2.24) is 4.90 Å². The van der Waals surface area contributed by atoms with Crippen molar-refractivity contribution in [2.24, 2.45) is 0 Å². The van der Waals surface area contributed by atoms with Gasteiger partial charge in [-0.25, -0.2) is 4.39 Å². The molecule has 0 aliphatic carbocycles. The zero-order valence-corrected chi connectivity index (χ0v) is 18.8. The zero-order chi connectivity index (χ0) is 23.4. The standard InChI is InChI=1S/C27H27FN2O3/c1-3-26(32)30-15-14-19-8-13-23(16-24(19)27(30)20-6-4-18(2)5-7-20)33-17-25(31)29-22-11-9-21(28)10-12-22/h4-13,16,27H,3,14-15,17H2,1-2H3,(H,29,31). The fourth-order valence-corrected chi connectivity index (χ4v) is 4.14. The normalized spacial score (nSPS) is 15.0. The average Bonchev–Trinajstić information content (AvgIpc) is 2.83. The van der Waals surface area contributed by atoms with E-state index in [0.717, 1.165) is 23.1 Å². The van der Waals surface area contributed by atoms with Gasteiger partial charge in [0.15, 0.2) is 6.61 Å². The van der Waals surface area contributed by atoms with Gasteiger partial charge in [-0.3, -0.25) is 9.59 Å². The monoisotopic (exact) mass is 446 g/mol. The molecule has 1 atom stereocenters. The van der Waals surface area contributed by atoms with Crippen molar-refractivity contribution in [1.29, 1.82) is 0 Å². The maximum Gasteiger partial charge on any atom is 0.262 e. The van der Waals surface area contributed by atoms with Gasteiger partial charge in [0.1, 0.15) is 11.6 Å². The summed E-state index contributed by atoms with van der Waals surface area (Å²) in [5.41, 5.74) is 4.90. The Hall–Kier alpha value is -3.67. The van der Waals surface area contributed by atoms with E-state index >= 15 is 0 Å². The highest BCUT2D eigenvalue weighted by Crippen LogP contribution is 2.37. The minimum atomic E-state index is -0.364. The Labute approximate surface area is 193 Å². The van der Waals surface area contributed by atoms with Crippen LogP contribution in [0.2, 0.25) is 0 Å². The van der Waals surface area contributed by atoms with E-state index in [1.54, 1.807) is 0 Å². The first-order valence-corrected chi connectivity index (χ1v) is 11.1. The molecule has 33 heavy (non-hydrogen) atoms. The average molecular weight is 447 g/mol. The van der Waals surface area contributed by atoms with Gasteiger partial charge in [-0.1, -0.05) is 42.8 Å². The third-order valence-electron chi connectivity index (χ3n) is 5.86. The van der Waals surface area contributed by atoms with Crippen molar-refractivity contribution in [2.75, 3.05) is 18.5 Å². The van der Waals surface area contributed by atoms with Crippen molar-refractivity contribution in [3.05, 3.63) is 94.8 Å². The lowest BCUT2D eigenvalue weighted by Gasteiger charge is -2.38. The molecule has 6 heteroatoms. The van der Waals surface area contributed by atoms with Crippen LogP contribution < -0.4 is 10.1 Å². The lowest BCUT2D eigenvalue weighted by atomic mass is 9.87. The minimum Gasteiger partial charge on any atom is -0.484 e. The predicted octanol–water partition coefficient (Wildman–Crippen LogP) is 5.04. The first kappa shape index (κ1) is 22.5. The van der Waals surface area contributed by atoms with Crippen molar-refractivity contribution < 1.29 is 18.7 Å². The molecular weight excluding hydrogens is 419 g/mol. The Morgan fingerprint density at radius 1 is 1.06 bits per heavy atom. The van der Waals surface area contributed by atoms with Gasteiger partial charge in [-0.05, 0) is 66.4 Å². The number of benzene rings is 3. The van der Waals surface area contributed by atoms with Crippen molar-refractivity contribution in [3.63, 3.8) is 0 Å². The molecule has 3 aromatic carbocycles. The number of halogens is 1. The van der Waals surface area contributed by atoms with Crippen molar-refractivity contribution >= 4 is 17.5 Å². The highest BCUT2D eigenvalue weighted by atomic mass is 19.1. The van der Waals surface area contributed by atoms with Crippen molar-refractivity contribution in [2.45, 2.75) is 32.7 Å². The summed E-state index contributed by atoms with van der Waals surface area (Å²) in [5.74, 6) is -0.0311. The molecule has 1 heterocycles. The zero-order valence-electron chi connectivity index (χ0n) is 18.8. The summed E-state index contributed by atoms with van der Waals surface area (Å²) in [6.07, 6.45) is 1.21. The highest BCUT2D eigenvalue weighted by Gasteiger charge is 2.31. The number of anilines is 1. The Morgan fingerprint density at radius 2 is 1.79 bits per heavy atom. The number of hydrogen-bond donors (Lipinski definition) is 1. The first-order chi connectivity index (χ1) is 15.9. The Bertz CT molecular complexity index is 1140. The Morgan fingerprint density at radius 3 is 2.48 bits per heavy atom. The molecule has 3 aromatic rings. The van der Waals surface area contributed by atoms with Crippen LogP contribution in [0.25, 0.3) is 0 Å². The maximum absolute atomic E-state index is 13.0. The van der Waals surface area contributed by atoms with Crippen LogP contribution in [0.4, 0.5) is 10.1 Å². The number of carbonyl (C=O) groups is 2. The van der Waals surface area contributed by atoms with E-state index in [1.807, 2.05) is 36.9 Å². The van der Waals surface area contributed by atoms with Crippen LogP contribution in [0.1, 0.15) is 41.6 Å². The summed E-state index contributed by atoms with van der Waals surface area (Å²) in [7, 11) is 0. The summed E-state index contributed by atoms with van der Waals surface area (Å²) < 4.78 is 18.8. The molecule has 1 aliphatic rings. The van der Waals surface area contributed by atoms with E-state index in [1.165, 1.54) is 29.8 Å². The van der Waals surface area contributed by atoms with Gasteiger partial charge in [0.2, 0.25) is 5.91 Å². The van der Waals surface area contributed by atoms with E-state index in [2.05, 4.69) is 29.6 Å². The molecule has 1 N–H and O–H groups in total. The summed E-state index contributed by atoms with van der Waals surface area (Å²) in [5, 5.41) is 2.69. The second kappa shape index (κ2) is 9.86. The first-order valence-electron chi connectivity index (χ1n) is 11.1. The molecular formula is C27H27FN2O3. The lowest BCUT2D eigenvalue weighted by Crippen LogP contribution is -2.40. The number of ether oxygens (including phenoxy) is 1. The van der Waals surface area contributed by atoms with Gasteiger partial charge in [0.25, 0.3) is 5.91 Å². The SMILES string of the molecule is CCC(=O)N1CCc2ccc(OCC(=O)Nc3ccc(F)cc3)cc2C1c1ccc(C)cc1. The third-order valence-corrected chi connectivity index (χ3v) is 5.86. The van der Waals surface area contributed by atoms with E-state index in [-0.39, 0.29) is 30.3 Å². The van der Waals surface area contributed by atoms with Gasteiger partial charge in [-0.2, -0.15) is 0 Å². The number of aryl methyl sites for hydroxylation is 1. The molecule has 1 unspecified atom stereocenters. The van der Waals surface area contributed by atoms with Crippen LogP contribution in [-0.2, 0) is 16.0 Å². The largest absolute Gasteiger partial charge is 0.484 e. The molecule has 4 rings (SSSR count). The highest BCUT2D eigenvalue weighted by molar-refractivity contribution is 5.91. The number of nitrogens with zero attached hydrogens (tertiary/aromatic N) is 1. The van der Waals surface area contributed by atoms with Gasteiger partial charge in [-0.15, -0.1) is 0 Å². The third kappa shape index (κ3) is 5.22. The lowest BCUT2D eigenvalue weighted by molar-refractivity contribution is -0.132. The smallest absolute Gasteiger partial charge is 0.262 e. The van der Waals surface area contributed by atoms with E-state index in [0.29, 0.717) is 24.4 Å². The van der Waals surface area contributed by atoms with Gasteiger partial charge in [0.05, 0.1) is 6.04 Å². The fraction of sp³-hybridized carbons (Fsp3) is 0.259. The number of rotatable bonds is 6. The minimum absolute atomic E-state index is 0.108. The quantitative estimate of drug-likeness (QED) is 0.577. The molecule has 2 amide bonds. The predicted molar refractivity (Wildman–Crippen MR) is 126 cm³/mol. The summed E-state index contributed by atoms with van der Waals surface area (Å²) in [6.45, 7) is 4.40. The van der Waals surface area contributed by atoms with Gasteiger partial charge >= 0.3 is 0 Å². The van der Waals surface area contributed by atoms with Crippen LogP contribution in [-0.4, -0.2) is 29.9 Å². The van der Waals surface area contributed by atoms with E-state index in [4.69, 9.17) is 4.74 Å². The van der Waals surface area contributed by atoms with Crippen LogP contribution in [0.3, 0.4) is 0 Å².